The van der Waals surface area contributed by atoms with Crippen LogP contribution < -0.4 is 10.6 Å². The first kappa shape index (κ1) is 21.8. The molecule has 0 unspecified atom stereocenters. The van der Waals surface area contributed by atoms with Crippen LogP contribution in [0.1, 0.15) is 48.0 Å². The van der Waals surface area contributed by atoms with Crippen molar-refractivity contribution in [1.29, 1.82) is 0 Å². The molecular weight excluding hydrogens is 424 g/mol. The van der Waals surface area contributed by atoms with E-state index in [1.54, 1.807) is 35.2 Å². The van der Waals surface area contributed by atoms with Crippen LogP contribution in [0.2, 0.25) is 5.02 Å². The van der Waals surface area contributed by atoms with Gasteiger partial charge in [0.1, 0.15) is 0 Å². The molecule has 164 valence electrons. The number of hydrogen-bond donors (Lipinski definition) is 2. The minimum absolute atomic E-state index is 0.185. The average molecular weight is 449 g/mol. The predicted octanol–water partition coefficient (Wildman–Crippen LogP) is 5.24. The van der Waals surface area contributed by atoms with E-state index in [9.17, 15) is 9.59 Å². The summed E-state index contributed by atoms with van der Waals surface area (Å²) < 4.78 is 1.74. The zero-order chi connectivity index (χ0) is 22.3. The monoisotopic (exact) mass is 448 g/mol. The van der Waals surface area contributed by atoms with Gasteiger partial charge in [-0.05, 0) is 49.2 Å². The van der Waals surface area contributed by atoms with E-state index >= 15 is 0 Å². The molecule has 0 bridgehead atoms. The van der Waals surface area contributed by atoms with Crippen LogP contribution in [0.3, 0.4) is 0 Å². The van der Waals surface area contributed by atoms with Gasteiger partial charge in [-0.15, -0.1) is 0 Å². The standard InChI is InChI=1S/C25H25ClN4O2/c26-23-13-12-20(15-22(23)25(32)29-19-7-3-1-4-8-19)28-24(31)14-11-18-16-27-30(17-18)21-9-5-2-6-10-21/h2,5-6,9-17,19H,1,3-4,7-8H2,(H,28,31)(H,29,32). The summed E-state index contributed by atoms with van der Waals surface area (Å²) in [6.07, 6.45) is 12.1. The Balaban J connectivity index is 1.38. The van der Waals surface area contributed by atoms with Gasteiger partial charge in [-0.3, -0.25) is 9.59 Å². The fraction of sp³-hybridized carbons (Fsp3) is 0.240. The van der Waals surface area contributed by atoms with Gasteiger partial charge in [-0.1, -0.05) is 49.1 Å². The first-order valence-corrected chi connectivity index (χ1v) is 11.2. The third kappa shape index (κ3) is 5.65. The van der Waals surface area contributed by atoms with Crippen LogP contribution in [-0.2, 0) is 4.79 Å². The maximum Gasteiger partial charge on any atom is 0.253 e. The molecule has 1 aromatic heterocycles. The number of carbonyl (C=O) groups excluding carboxylic acids is 2. The van der Waals surface area contributed by atoms with E-state index in [2.05, 4.69) is 15.7 Å². The summed E-state index contributed by atoms with van der Waals surface area (Å²) >= 11 is 6.24. The molecule has 0 aliphatic heterocycles. The molecule has 1 saturated carbocycles. The smallest absolute Gasteiger partial charge is 0.253 e. The van der Waals surface area contributed by atoms with Gasteiger partial charge in [0.05, 0.1) is 22.5 Å². The fourth-order valence-electron chi connectivity index (χ4n) is 3.79. The minimum atomic E-state index is -0.307. The molecule has 0 radical (unpaired) electrons. The van der Waals surface area contributed by atoms with Crippen molar-refractivity contribution in [2.24, 2.45) is 0 Å². The second kappa shape index (κ2) is 10.3. The number of aromatic nitrogens is 2. The average Bonchev–Trinajstić information content (AvgIpc) is 3.29. The number of nitrogens with one attached hydrogen (secondary N) is 2. The Kier molecular flexibility index (Phi) is 7.02. The molecule has 32 heavy (non-hydrogen) atoms. The summed E-state index contributed by atoms with van der Waals surface area (Å²) in [5, 5.41) is 10.5. The number of anilines is 1. The third-order valence-electron chi connectivity index (χ3n) is 5.47. The summed E-state index contributed by atoms with van der Waals surface area (Å²) in [6.45, 7) is 0. The Bertz CT molecular complexity index is 1120. The highest BCUT2D eigenvalue weighted by atomic mass is 35.5. The molecule has 2 aromatic carbocycles. The first-order chi connectivity index (χ1) is 15.6. The predicted molar refractivity (Wildman–Crippen MR) is 127 cm³/mol. The van der Waals surface area contributed by atoms with E-state index in [1.165, 1.54) is 12.5 Å². The third-order valence-corrected chi connectivity index (χ3v) is 5.80. The minimum Gasteiger partial charge on any atom is -0.349 e. The molecule has 1 aliphatic carbocycles. The highest BCUT2D eigenvalue weighted by molar-refractivity contribution is 6.34. The van der Waals surface area contributed by atoms with Crippen molar-refractivity contribution >= 4 is 35.2 Å². The van der Waals surface area contributed by atoms with E-state index < -0.39 is 0 Å². The Hall–Kier alpha value is -3.38. The molecule has 4 rings (SSSR count). The quantitative estimate of drug-likeness (QED) is 0.506. The van der Waals surface area contributed by atoms with Gasteiger partial charge in [0, 0.05) is 29.6 Å². The van der Waals surface area contributed by atoms with Gasteiger partial charge < -0.3 is 10.6 Å². The van der Waals surface area contributed by atoms with Crippen LogP contribution in [0.15, 0.2) is 67.0 Å². The van der Waals surface area contributed by atoms with Crippen molar-refractivity contribution in [3.8, 4) is 5.69 Å². The molecule has 0 spiro atoms. The van der Waals surface area contributed by atoms with E-state index in [0.717, 1.165) is 36.9 Å². The van der Waals surface area contributed by atoms with Crippen LogP contribution in [0, 0.1) is 0 Å². The Morgan fingerprint density at radius 2 is 1.84 bits per heavy atom. The van der Waals surface area contributed by atoms with Crippen LogP contribution in [0.25, 0.3) is 11.8 Å². The maximum absolute atomic E-state index is 12.7. The van der Waals surface area contributed by atoms with Crippen molar-refractivity contribution in [1.82, 2.24) is 15.1 Å². The number of rotatable bonds is 6. The van der Waals surface area contributed by atoms with Crippen molar-refractivity contribution in [3.63, 3.8) is 0 Å². The number of nitrogens with zero attached hydrogens (tertiary/aromatic N) is 2. The van der Waals surface area contributed by atoms with Crippen LogP contribution in [-0.4, -0.2) is 27.6 Å². The molecule has 1 fully saturated rings. The Morgan fingerprint density at radius 1 is 1.06 bits per heavy atom. The van der Waals surface area contributed by atoms with Gasteiger partial charge in [0.25, 0.3) is 5.91 Å². The number of carbonyl (C=O) groups is 2. The van der Waals surface area contributed by atoms with Gasteiger partial charge >= 0.3 is 0 Å². The van der Waals surface area contributed by atoms with Gasteiger partial charge in [0.15, 0.2) is 0 Å². The van der Waals surface area contributed by atoms with Crippen molar-refractivity contribution in [2.45, 2.75) is 38.1 Å². The lowest BCUT2D eigenvalue weighted by Gasteiger charge is -2.23. The molecule has 6 nitrogen and oxygen atoms in total. The van der Waals surface area contributed by atoms with Gasteiger partial charge in [0.2, 0.25) is 5.91 Å². The second-order valence-electron chi connectivity index (χ2n) is 7.88. The van der Waals surface area contributed by atoms with Crippen LogP contribution >= 0.6 is 11.6 Å². The largest absolute Gasteiger partial charge is 0.349 e. The van der Waals surface area contributed by atoms with Gasteiger partial charge in [-0.25, -0.2) is 4.68 Å². The number of halogens is 1. The molecule has 2 N–H and O–H groups in total. The highest BCUT2D eigenvalue weighted by Gasteiger charge is 2.18. The summed E-state index contributed by atoms with van der Waals surface area (Å²) in [5.74, 6) is -0.514. The maximum atomic E-state index is 12.7. The Morgan fingerprint density at radius 3 is 2.62 bits per heavy atom. The fourth-order valence-corrected chi connectivity index (χ4v) is 3.99. The number of para-hydroxylation sites is 1. The van der Waals surface area contributed by atoms with E-state index in [0.29, 0.717) is 16.3 Å². The number of benzene rings is 2. The van der Waals surface area contributed by atoms with Crippen LogP contribution in [0.5, 0.6) is 0 Å². The topological polar surface area (TPSA) is 76.0 Å². The summed E-state index contributed by atoms with van der Waals surface area (Å²) in [4.78, 5) is 25.1. The first-order valence-electron chi connectivity index (χ1n) is 10.8. The van der Waals surface area contributed by atoms with Crippen LogP contribution in [0.4, 0.5) is 5.69 Å². The molecule has 1 heterocycles. The molecule has 2 amide bonds. The van der Waals surface area contributed by atoms with E-state index in [-0.39, 0.29) is 17.9 Å². The zero-order valence-corrected chi connectivity index (χ0v) is 18.4. The van der Waals surface area contributed by atoms with Gasteiger partial charge in [-0.2, -0.15) is 5.10 Å². The van der Waals surface area contributed by atoms with Crippen molar-refractivity contribution in [3.05, 3.63) is 83.2 Å². The molecular formula is C25H25ClN4O2. The molecule has 7 heteroatoms. The van der Waals surface area contributed by atoms with Crippen molar-refractivity contribution in [2.75, 3.05) is 5.32 Å². The molecule has 0 saturated heterocycles. The Labute approximate surface area is 192 Å². The second-order valence-corrected chi connectivity index (χ2v) is 8.29. The number of amides is 2. The molecule has 3 aromatic rings. The molecule has 0 atom stereocenters. The van der Waals surface area contributed by atoms with E-state index in [1.807, 2.05) is 36.5 Å². The summed E-state index contributed by atoms with van der Waals surface area (Å²) in [6, 6.07) is 14.8. The summed E-state index contributed by atoms with van der Waals surface area (Å²) in [7, 11) is 0. The lowest BCUT2D eigenvalue weighted by atomic mass is 9.95. The highest BCUT2D eigenvalue weighted by Crippen LogP contribution is 2.23. The van der Waals surface area contributed by atoms with E-state index in [4.69, 9.17) is 11.6 Å². The lowest BCUT2D eigenvalue weighted by molar-refractivity contribution is -0.111. The zero-order valence-electron chi connectivity index (χ0n) is 17.6. The number of hydrogen-bond acceptors (Lipinski definition) is 3. The SMILES string of the molecule is O=C(C=Cc1cnn(-c2ccccc2)c1)Nc1ccc(Cl)c(C(=O)NC2CCCCC2)c1. The summed E-state index contributed by atoms with van der Waals surface area (Å²) in [5.41, 5.74) is 2.62. The lowest BCUT2D eigenvalue weighted by Crippen LogP contribution is -2.36. The molecule has 1 aliphatic rings. The normalized spacial score (nSPS) is 14.4. The van der Waals surface area contributed by atoms with Crippen molar-refractivity contribution < 1.29 is 9.59 Å².